The molecule has 8 heteroatoms. The van der Waals surface area contributed by atoms with Gasteiger partial charge in [-0.05, 0) is 23.6 Å². The fraction of sp³-hybridized carbons (Fsp3) is 0.273. The molecule has 30 heavy (non-hydrogen) atoms. The molecule has 7 nitrogen and oxygen atoms in total. The molecule has 156 valence electrons. The van der Waals surface area contributed by atoms with Gasteiger partial charge in [-0.3, -0.25) is 4.55 Å². The number of aromatic nitrogens is 2. The molecule has 0 bridgehead atoms. The van der Waals surface area contributed by atoms with Crippen molar-refractivity contribution in [1.82, 2.24) is 9.55 Å². The molecule has 0 fully saturated rings. The molecule has 0 unspecified atom stereocenters. The molecule has 0 amide bonds. The van der Waals surface area contributed by atoms with Crippen molar-refractivity contribution in [3.05, 3.63) is 65.6 Å². The first-order chi connectivity index (χ1) is 14.4. The van der Waals surface area contributed by atoms with Crippen LogP contribution in [0.25, 0.3) is 11.1 Å². The molecule has 0 saturated heterocycles. The number of hydrogen-bond acceptors (Lipinski definition) is 5. The van der Waals surface area contributed by atoms with Gasteiger partial charge in [-0.1, -0.05) is 55.8 Å². The van der Waals surface area contributed by atoms with Gasteiger partial charge < -0.3 is 9.30 Å². The quantitative estimate of drug-likeness (QED) is 0.546. The van der Waals surface area contributed by atoms with Crippen molar-refractivity contribution in [2.75, 3.05) is 7.11 Å². The summed E-state index contributed by atoms with van der Waals surface area (Å²) in [7, 11) is -2.83. The lowest BCUT2D eigenvalue weighted by molar-refractivity contribution is 0.397. The summed E-state index contributed by atoms with van der Waals surface area (Å²) in [5.41, 5.74) is 2.40. The van der Waals surface area contributed by atoms with E-state index in [4.69, 9.17) is 4.74 Å². The van der Waals surface area contributed by atoms with Crippen LogP contribution in [-0.2, 0) is 23.1 Å². The number of methoxy groups -OCH3 is 1. The van der Waals surface area contributed by atoms with E-state index in [0.29, 0.717) is 29.2 Å². The maximum atomic E-state index is 11.7. The Morgan fingerprint density at radius 3 is 2.47 bits per heavy atom. The lowest BCUT2D eigenvalue weighted by atomic mass is 10.0. The zero-order valence-corrected chi connectivity index (χ0v) is 17.7. The van der Waals surface area contributed by atoms with Crippen molar-refractivity contribution in [1.29, 1.82) is 5.26 Å². The number of imidazole rings is 1. The van der Waals surface area contributed by atoms with Gasteiger partial charge in [0.15, 0.2) is 5.69 Å². The third-order valence-corrected chi connectivity index (χ3v) is 5.75. The summed E-state index contributed by atoms with van der Waals surface area (Å²) in [5.74, 6) is 1.12. The zero-order chi connectivity index (χ0) is 21.7. The molecule has 3 rings (SSSR count). The van der Waals surface area contributed by atoms with E-state index in [1.165, 1.54) is 13.2 Å². The van der Waals surface area contributed by atoms with Gasteiger partial charge in [-0.25, -0.2) is 0 Å². The van der Waals surface area contributed by atoms with Crippen molar-refractivity contribution >= 4 is 10.1 Å². The van der Waals surface area contributed by atoms with Gasteiger partial charge in [0.1, 0.15) is 16.8 Å². The summed E-state index contributed by atoms with van der Waals surface area (Å²) >= 11 is 0. The molecule has 3 aromatic rings. The maximum absolute atomic E-state index is 11.7. The van der Waals surface area contributed by atoms with Crippen LogP contribution in [0.2, 0.25) is 0 Å². The number of ether oxygens (including phenoxy) is 1. The normalized spacial score (nSPS) is 11.3. The Hall–Kier alpha value is -3.15. The minimum Gasteiger partial charge on any atom is -0.479 e. The zero-order valence-electron chi connectivity index (χ0n) is 16.9. The SMILES string of the molecule is CCCCc1nc(OC)c(C#N)n1Cc1ccc(-c2ccccc2S(=O)(=O)O)cc1. The Kier molecular flexibility index (Phi) is 6.55. The first-order valence-corrected chi connectivity index (χ1v) is 11.0. The monoisotopic (exact) mass is 425 g/mol. The van der Waals surface area contributed by atoms with Gasteiger partial charge in [-0.15, -0.1) is 0 Å². The van der Waals surface area contributed by atoms with Crippen LogP contribution in [0.5, 0.6) is 5.88 Å². The van der Waals surface area contributed by atoms with E-state index in [0.717, 1.165) is 30.7 Å². The highest BCUT2D eigenvalue weighted by atomic mass is 32.2. The Balaban J connectivity index is 1.95. The molecule has 1 N–H and O–H groups in total. The first kappa shape index (κ1) is 21.6. The molecule has 1 aromatic heterocycles. The standard InChI is InChI=1S/C22H23N3O4S/c1-3-4-9-21-24-22(29-2)19(14-23)25(21)15-16-10-12-17(13-11-16)18-7-5-6-8-20(18)30(26,27)28/h5-8,10-13H,3-4,9,15H2,1-2H3,(H,26,27,28). The predicted molar refractivity (Wildman–Crippen MR) is 113 cm³/mol. The van der Waals surface area contributed by atoms with Crippen molar-refractivity contribution in [2.45, 2.75) is 37.6 Å². The third-order valence-electron chi connectivity index (χ3n) is 4.84. The van der Waals surface area contributed by atoms with Crippen LogP contribution in [0.3, 0.4) is 0 Å². The average Bonchev–Trinajstić information content (AvgIpc) is 3.08. The summed E-state index contributed by atoms with van der Waals surface area (Å²) < 4.78 is 39.9. The average molecular weight is 426 g/mol. The Labute approximate surface area is 176 Å². The maximum Gasteiger partial charge on any atom is 0.295 e. The van der Waals surface area contributed by atoms with Crippen LogP contribution in [0.1, 0.15) is 36.8 Å². The van der Waals surface area contributed by atoms with E-state index >= 15 is 0 Å². The van der Waals surface area contributed by atoms with Crippen LogP contribution in [-0.4, -0.2) is 29.6 Å². The van der Waals surface area contributed by atoms with E-state index in [-0.39, 0.29) is 4.90 Å². The second-order valence-corrected chi connectivity index (χ2v) is 8.25. The van der Waals surface area contributed by atoms with Gasteiger partial charge >= 0.3 is 0 Å². The van der Waals surface area contributed by atoms with Crippen LogP contribution >= 0.6 is 0 Å². The van der Waals surface area contributed by atoms with Crippen molar-refractivity contribution in [2.24, 2.45) is 0 Å². The molecule has 0 aliphatic heterocycles. The molecule has 0 radical (unpaired) electrons. The fourth-order valence-electron chi connectivity index (χ4n) is 3.32. The largest absolute Gasteiger partial charge is 0.479 e. The van der Waals surface area contributed by atoms with Gasteiger partial charge in [-0.2, -0.15) is 18.7 Å². The van der Waals surface area contributed by atoms with Gasteiger partial charge in [0.05, 0.1) is 13.7 Å². The topological polar surface area (TPSA) is 105 Å². The van der Waals surface area contributed by atoms with Crippen molar-refractivity contribution in [3.63, 3.8) is 0 Å². The Morgan fingerprint density at radius 1 is 1.17 bits per heavy atom. The minimum absolute atomic E-state index is 0.134. The number of nitrogens with zero attached hydrogens (tertiary/aromatic N) is 3. The lowest BCUT2D eigenvalue weighted by Crippen LogP contribution is -2.08. The van der Waals surface area contributed by atoms with Crippen LogP contribution in [0, 0.1) is 11.3 Å². The van der Waals surface area contributed by atoms with Crippen LogP contribution in [0.15, 0.2) is 53.4 Å². The van der Waals surface area contributed by atoms with E-state index in [2.05, 4.69) is 18.0 Å². The summed E-state index contributed by atoms with van der Waals surface area (Å²) in [4.78, 5) is 4.33. The molecule has 0 aliphatic carbocycles. The fourth-order valence-corrected chi connectivity index (χ4v) is 4.04. The van der Waals surface area contributed by atoms with Crippen molar-refractivity contribution < 1.29 is 17.7 Å². The number of hydrogen-bond donors (Lipinski definition) is 1. The van der Waals surface area contributed by atoms with Crippen LogP contribution < -0.4 is 4.74 Å². The van der Waals surface area contributed by atoms with Crippen molar-refractivity contribution in [3.8, 4) is 23.1 Å². The number of benzene rings is 2. The first-order valence-electron chi connectivity index (χ1n) is 9.58. The summed E-state index contributed by atoms with van der Waals surface area (Å²) in [6.45, 7) is 2.54. The molecule has 0 spiro atoms. The van der Waals surface area contributed by atoms with E-state index in [1.807, 2.05) is 16.7 Å². The third kappa shape index (κ3) is 4.53. The predicted octanol–water partition coefficient (Wildman–Crippen LogP) is 4.07. The molecule has 0 atom stereocenters. The summed E-state index contributed by atoms with van der Waals surface area (Å²) in [5, 5.41) is 9.58. The van der Waals surface area contributed by atoms with E-state index < -0.39 is 10.1 Å². The number of nitriles is 1. The molecule has 2 aromatic carbocycles. The summed E-state index contributed by atoms with van der Waals surface area (Å²) in [6, 6.07) is 15.8. The second kappa shape index (κ2) is 9.11. The highest BCUT2D eigenvalue weighted by Gasteiger charge is 2.18. The van der Waals surface area contributed by atoms with Gasteiger partial charge in [0.25, 0.3) is 16.0 Å². The Bertz CT molecular complexity index is 1180. The number of rotatable bonds is 8. The minimum atomic E-state index is -4.33. The molecular formula is C22H23N3O4S. The van der Waals surface area contributed by atoms with Gasteiger partial charge in [0.2, 0.25) is 0 Å². The highest BCUT2D eigenvalue weighted by molar-refractivity contribution is 7.86. The smallest absolute Gasteiger partial charge is 0.295 e. The molecular weight excluding hydrogens is 402 g/mol. The molecule has 1 heterocycles. The number of unbranched alkanes of at least 4 members (excludes halogenated alkanes) is 1. The molecule has 0 aliphatic rings. The van der Waals surface area contributed by atoms with E-state index in [9.17, 15) is 18.2 Å². The van der Waals surface area contributed by atoms with Crippen LogP contribution in [0.4, 0.5) is 0 Å². The lowest BCUT2D eigenvalue weighted by Gasteiger charge is -2.11. The highest BCUT2D eigenvalue weighted by Crippen LogP contribution is 2.28. The number of aryl methyl sites for hydroxylation is 1. The second-order valence-electron chi connectivity index (χ2n) is 6.86. The Morgan fingerprint density at radius 2 is 1.87 bits per heavy atom. The molecule has 0 saturated carbocycles. The summed E-state index contributed by atoms with van der Waals surface area (Å²) in [6.07, 6.45) is 2.71. The van der Waals surface area contributed by atoms with E-state index in [1.54, 1.807) is 30.3 Å². The van der Waals surface area contributed by atoms with Gasteiger partial charge in [0, 0.05) is 12.0 Å².